The van der Waals surface area contributed by atoms with Crippen molar-refractivity contribution in [3.63, 3.8) is 0 Å². The third-order valence-electron chi connectivity index (χ3n) is 3.58. The van der Waals surface area contributed by atoms with Gasteiger partial charge in [0.15, 0.2) is 0 Å². The Balaban J connectivity index is 2.29. The molecule has 1 fully saturated rings. The summed E-state index contributed by atoms with van der Waals surface area (Å²) in [5.74, 6) is 0. The monoisotopic (exact) mass is 268 g/mol. The molecule has 1 aliphatic carbocycles. The number of sulfonamides is 1. The Bertz CT molecular complexity index is 520. The van der Waals surface area contributed by atoms with Crippen molar-refractivity contribution < 1.29 is 8.42 Å². The van der Waals surface area contributed by atoms with Gasteiger partial charge in [-0.05, 0) is 37.0 Å². The summed E-state index contributed by atoms with van der Waals surface area (Å²) >= 11 is 0. The highest BCUT2D eigenvalue weighted by molar-refractivity contribution is 7.89. The van der Waals surface area contributed by atoms with Crippen LogP contribution in [0.15, 0.2) is 23.1 Å². The summed E-state index contributed by atoms with van der Waals surface area (Å²) in [6.45, 7) is 2.17. The van der Waals surface area contributed by atoms with Gasteiger partial charge >= 0.3 is 0 Å². The zero-order valence-corrected chi connectivity index (χ0v) is 11.5. The topological polar surface area (TPSA) is 72.2 Å². The molecule has 0 heterocycles. The summed E-state index contributed by atoms with van der Waals surface area (Å²) < 4.78 is 27.4. The van der Waals surface area contributed by atoms with E-state index in [1.807, 2.05) is 13.0 Å². The number of hydrogen-bond donors (Lipinski definition) is 2. The Morgan fingerprint density at radius 1 is 1.33 bits per heavy atom. The zero-order chi connectivity index (χ0) is 13.2. The van der Waals surface area contributed by atoms with Crippen LogP contribution in [-0.2, 0) is 16.6 Å². The van der Waals surface area contributed by atoms with Crippen molar-refractivity contribution in [1.82, 2.24) is 4.72 Å². The van der Waals surface area contributed by atoms with E-state index in [-0.39, 0.29) is 6.04 Å². The van der Waals surface area contributed by atoms with E-state index in [0.29, 0.717) is 11.4 Å². The molecule has 1 aromatic carbocycles. The first-order valence-corrected chi connectivity index (χ1v) is 7.84. The SMILES string of the molecule is Cc1c(CN)cccc1S(=O)(=O)NC1CCCC1. The summed E-state index contributed by atoms with van der Waals surface area (Å²) in [5.41, 5.74) is 7.25. The average Bonchev–Trinajstić information content (AvgIpc) is 2.81. The first kappa shape index (κ1) is 13.5. The second-order valence-corrected chi connectivity index (χ2v) is 6.53. The molecular weight excluding hydrogens is 248 g/mol. The molecule has 0 atom stereocenters. The molecular formula is C13H20N2O2S. The molecule has 1 aliphatic rings. The second kappa shape index (κ2) is 5.38. The minimum Gasteiger partial charge on any atom is -0.326 e. The molecule has 0 unspecified atom stereocenters. The van der Waals surface area contributed by atoms with Crippen molar-refractivity contribution in [2.24, 2.45) is 5.73 Å². The van der Waals surface area contributed by atoms with Gasteiger partial charge in [0.1, 0.15) is 0 Å². The van der Waals surface area contributed by atoms with Gasteiger partial charge in [-0.25, -0.2) is 13.1 Å². The molecule has 0 amide bonds. The van der Waals surface area contributed by atoms with E-state index in [1.54, 1.807) is 12.1 Å². The van der Waals surface area contributed by atoms with Gasteiger partial charge in [-0.1, -0.05) is 25.0 Å². The molecule has 0 radical (unpaired) electrons. The van der Waals surface area contributed by atoms with E-state index in [2.05, 4.69) is 4.72 Å². The number of rotatable bonds is 4. The lowest BCUT2D eigenvalue weighted by Crippen LogP contribution is -2.33. The summed E-state index contributed by atoms with van der Waals surface area (Å²) in [7, 11) is -3.41. The summed E-state index contributed by atoms with van der Waals surface area (Å²) in [6.07, 6.45) is 4.09. The molecule has 5 heteroatoms. The van der Waals surface area contributed by atoms with Crippen LogP contribution in [0.2, 0.25) is 0 Å². The van der Waals surface area contributed by atoms with E-state index in [9.17, 15) is 8.42 Å². The van der Waals surface area contributed by atoms with Gasteiger partial charge in [-0.15, -0.1) is 0 Å². The highest BCUT2D eigenvalue weighted by Gasteiger charge is 2.24. The number of nitrogens with two attached hydrogens (primary N) is 1. The zero-order valence-electron chi connectivity index (χ0n) is 10.6. The maximum absolute atomic E-state index is 12.3. The predicted molar refractivity (Wildman–Crippen MR) is 71.6 cm³/mol. The molecule has 0 aliphatic heterocycles. The van der Waals surface area contributed by atoms with Crippen LogP contribution in [0.1, 0.15) is 36.8 Å². The van der Waals surface area contributed by atoms with Crippen LogP contribution in [0.5, 0.6) is 0 Å². The third kappa shape index (κ3) is 2.74. The van der Waals surface area contributed by atoms with Gasteiger partial charge in [-0.2, -0.15) is 0 Å². The fourth-order valence-corrected chi connectivity index (χ4v) is 4.09. The van der Waals surface area contributed by atoms with Crippen LogP contribution in [0, 0.1) is 6.92 Å². The molecule has 0 spiro atoms. The van der Waals surface area contributed by atoms with Crippen molar-refractivity contribution in [2.75, 3.05) is 0 Å². The van der Waals surface area contributed by atoms with Crippen LogP contribution in [0.3, 0.4) is 0 Å². The standard InChI is InChI=1S/C13H20N2O2S/c1-10-11(9-14)5-4-8-13(10)18(16,17)15-12-6-2-3-7-12/h4-5,8,12,15H,2-3,6-7,9,14H2,1H3. The van der Waals surface area contributed by atoms with Crippen molar-refractivity contribution in [3.05, 3.63) is 29.3 Å². The number of nitrogens with one attached hydrogen (secondary N) is 1. The van der Waals surface area contributed by atoms with E-state index >= 15 is 0 Å². The van der Waals surface area contributed by atoms with Crippen molar-refractivity contribution in [2.45, 2.75) is 50.1 Å². The van der Waals surface area contributed by atoms with Gasteiger partial charge in [0.2, 0.25) is 10.0 Å². The van der Waals surface area contributed by atoms with Gasteiger partial charge in [-0.3, -0.25) is 0 Å². The van der Waals surface area contributed by atoms with Gasteiger partial charge < -0.3 is 5.73 Å². The molecule has 18 heavy (non-hydrogen) atoms. The summed E-state index contributed by atoms with van der Waals surface area (Å²) in [4.78, 5) is 0.359. The lowest BCUT2D eigenvalue weighted by Gasteiger charge is -2.15. The predicted octanol–water partition coefficient (Wildman–Crippen LogP) is 1.67. The van der Waals surface area contributed by atoms with E-state index in [4.69, 9.17) is 5.73 Å². The normalized spacial score (nSPS) is 17.2. The quantitative estimate of drug-likeness (QED) is 0.872. The third-order valence-corrected chi connectivity index (χ3v) is 5.25. The van der Waals surface area contributed by atoms with Crippen LogP contribution in [0.4, 0.5) is 0 Å². The Kier molecular flexibility index (Phi) is 4.04. The summed E-state index contributed by atoms with van der Waals surface area (Å²) in [5, 5.41) is 0. The Morgan fingerprint density at radius 2 is 2.00 bits per heavy atom. The van der Waals surface area contributed by atoms with Crippen LogP contribution in [0.25, 0.3) is 0 Å². The molecule has 100 valence electrons. The van der Waals surface area contributed by atoms with Crippen molar-refractivity contribution >= 4 is 10.0 Å². The molecule has 2 rings (SSSR count). The Morgan fingerprint density at radius 3 is 2.61 bits per heavy atom. The molecule has 0 bridgehead atoms. The van der Waals surface area contributed by atoms with Gasteiger partial charge in [0.05, 0.1) is 4.90 Å². The van der Waals surface area contributed by atoms with E-state index in [1.165, 1.54) is 0 Å². The minimum atomic E-state index is -3.41. The lowest BCUT2D eigenvalue weighted by molar-refractivity contribution is 0.551. The molecule has 0 saturated heterocycles. The molecule has 3 N–H and O–H groups in total. The van der Waals surface area contributed by atoms with Crippen LogP contribution >= 0.6 is 0 Å². The summed E-state index contributed by atoms with van der Waals surface area (Å²) in [6, 6.07) is 5.35. The second-order valence-electron chi connectivity index (χ2n) is 4.85. The first-order valence-electron chi connectivity index (χ1n) is 6.35. The fourth-order valence-electron chi connectivity index (χ4n) is 2.50. The average molecular weight is 268 g/mol. The lowest BCUT2D eigenvalue weighted by atomic mass is 10.1. The van der Waals surface area contributed by atoms with E-state index in [0.717, 1.165) is 36.8 Å². The van der Waals surface area contributed by atoms with Crippen molar-refractivity contribution in [1.29, 1.82) is 0 Å². The molecule has 1 aromatic rings. The number of hydrogen-bond acceptors (Lipinski definition) is 3. The van der Waals surface area contributed by atoms with Crippen molar-refractivity contribution in [3.8, 4) is 0 Å². The van der Waals surface area contributed by atoms with Gasteiger partial charge in [0, 0.05) is 12.6 Å². The minimum absolute atomic E-state index is 0.0935. The largest absolute Gasteiger partial charge is 0.326 e. The van der Waals surface area contributed by atoms with E-state index < -0.39 is 10.0 Å². The maximum atomic E-state index is 12.3. The van der Waals surface area contributed by atoms with Crippen LogP contribution in [-0.4, -0.2) is 14.5 Å². The molecule has 4 nitrogen and oxygen atoms in total. The smallest absolute Gasteiger partial charge is 0.241 e. The first-order chi connectivity index (χ1) is 8.54. The van der Waals surface area contributed by atoms with Gasteiger partial charge in [0.25, 0.3) is 0 Å². The Labute approximate surface area is 109 Å². The molecule has 1 saturated carbocycles. The fraction of sp³-hybridized carbons (Fsp3) is 0.538. The van der Waals surface area contributed by atoms with Crippen LogP contribution < -0.4 is 10.5 Å². The maximum Gasteiger partial charge on any atom is 0.241 e. The number of benzene rings is 1. The highest BCUT2D eigenvalue weighted by Crippen LogP contribution is 2.23. The highest BCUT2D eigenvalue weighted by atomic mass is 32.2. The Hall–Kier alpha value is -0.910. The molecule has 0 aromatic heterocycles.